The molecule has 4 heterocycles. The van der Waals surface area contributed by atoms with Crippen molar-refractivity contribution >= 4 is 17.5 Å². The molecular weight excluding hydrogens is 394 g/mol. The Balaban J connectivity index is 1.45. The van der Waals surface area contributed by atoms with Crippen LogP contribution in [-0.2, 0) is 19.5 Å². The first-order valence-electron chi connectivity index (χ1n) is 10.9. The Morgan fingerprint density at radius 2 is 2.00 bits per heavy atom. The maximum Gasteiger partial charge on any atom is 0.274 e. The first-order valence-corrected chi connectivity index (χ1v) is 10.9. The molecule has 2 aliphatic rings. The Bertz CT molecular complexity index is 1190. The van der Waals surface area contributed by atoms with Crippen molar-refractivity contribution in [2.24, 2.45) is 5.92 Å². The van der Waals surface area contributed by atoms with Crippen molar-refractivity contribution in [2.75, 3.05) is 13.1 Å². The first kappa shape index (κ1) is 19.7. The van der Waals surface area contributed by atoms with E-state index >= 15 is 0 Å². The number of carbonyl (C=O) groups is 2. The lowest BCUT2D eigenvalue weighted by Crippen LogP contribution is -2.37. The summed E-state index contributed by atoms with van der Waals surface area (Å²) in [5.41, 5.74) is 5.25. The zero-order valence-corrected chi connectivity index (χ0v) is 18.2. The van der Waals surface area contributed by atoms with Crippen molar-refractivity contribution in [1.29, 1.82) is 0 Å². The van der Waals surface area contributed by atoms with Crippen molar-refractivity contribution in [1.82, 2.24) is 34.6 Å². The minimum atomic E-state index is -0.175. The summed E-state index contributed by atoms with van der Waals surface area (Å²) in [7, 11) is 0. The number of amides is 2. The topological polar surface area (TPSA) is 97.4 Å². The molecule has 5 rings (SSSR count). The number of rotatable bonds is 5. The van der Waals surface area contributed by atoms with Crippen LogP contribution in [0.4, 0.5) is 0 Å². The molecule has 1 N–H and O–H groups in total. The zero-order valence-electron chi connectivity index (χ0n) is 18.2. The molecule has 0 spiro atoms. The highest BCUT2D eigenvalue weighted by atomic mass is 16.2. The lowest BCUT2D eigenvalue weighted by molar-refractivity contribution is 0.0724. The van der Waals surface area contributed by atoms with Gasteiger partial charge in [0.1, 0.15) is 0 Å². The molecule has 3 aromatic rings. The van der Waals surface area contributed by atoms with Gasteiger partial charge in [-0.3, -0.25) is 14.3 Å². The summed E-state index contributed by atoms with van der Waals surface area (Å²) in [6, 6.07) is 3.67. The van der Waals surface area contributed by atoms with Crippen molar-refractivity contribution < 1.29 is 9.59 Å². The number of aryl methyl sites for hydroxylation is 2. The van der Waals surface area contributed by atoms with Crippen LogP contribution in [0, 0.1) is 19.8 Å². The van der Waals surface area contributed by atoms with Crippen LogP contribution in [0.3, 0.4) is 0 Å². The van der Waals surface area contributed by atoms with Gasteiger partial charge in [0.25, 0.3) is 11.8 Å². The van der Waals surface area contributed by atoms with E-state index < -0.39 is 0 Å². The molecule has 1 aliphatic carbocycles. The molecule has 9 nitrogen and oxygen atoms in total. The smallest absolute Gasteiger partial charge is 0.274 e. The Morgan fingerprint density at radius 3 is 2.74 bits per heavy atom. The van der Waals surface area contributed by atoms with Gasteiger partial charge in [-0.1, -0.05) is 0 Å². The number of nitrogens with zero attached hydrogens (tertiary/aromatic N) is 6. The third-order valence-electron chi connectivity index (χ3n) is 6.05. The van der Waals surface area contributed by atoms with Crippen molar-refractivity contribution in [3.05, 3.63) is 46.2 Å². The Labute approximate surface area is 180 Å². The molecule has 0 bridgehead atoms. The molecule has 31 heavy (non-hydrogen) atoms. The number of fused-ring (bicyclic) bond motifs is 2. The lowest BCUT2D eigenvalue weighted by Gasteiger charge is -2.27. The van der Waals surface area contributed by atoms with Crippen LogP contribution in [-0.4, -0.2) is 54.2 Å². The molecule has 0 atom stereocenters. The second kappa shape index (κ2) is 7.47. The van der Waals surface area contributed by atoms with Crippen LogP contribution in [0.2, 0.25) is 0 Å². The second-order valence-electron chi connectivity index (χ2n) is 8.57. The van der Waals surface area contributed by atoms with Gasteiger partial charge in [0.05, 0.1) is 6.54 Å². The molecule has 1 aliphatic heterocycles. The van der Waals surface area contributed by atoms with Crippen LogP contribution < -0.4 is 5.32 Å². The fraction of sp³-hybridized carbons (Fsp3) is 0.500. The highest BCUT2D eigenvalue weighted by molar-refractivity contribution is 5.95. The maximum atomic E-state index is 13.3. The molecule has 1 fully saturated rings. The van der Waals surface area contributed by atoms with E-state index in [-0.39, 0.29) is 11.8 Å². The summed E-state index contributed by atoms with van der Waals surface area (Å²) >= 11 is 0. The summed E-state index contributed by atoms with van der Waals surface area (Å²) in [6.45, 7) is 8.10. The molecule has 0 radical (unpaired) electrons. The van der Waals surface area contributed by atoms with Gasteiger partial charge in [0.15, 0.2) is 17.0 Å². The number of carbonyl (C=O) groups excluding carboxylic acids is 2. The van der Waals surface area contributed by atoms with Gasteiger partial charge in [-0.25, -0.2) is 9.50 Å². The highest BCUT2D eigenvalue weighted by Gasteiger charge is 2.33. The lowest BCUT2D eigenvalue weighted by atomic mass is 10.0. The van der Waals surface area contributed by atoms with Crippen LogP contribution in [0.25, 0.3) is 5.65 Å². The van der Waals surface area contributed by atoms with Gasteiger partial charge >= 0.3 is 0 Å². The van der Waals surface area contributed by atoms with E-state index in [0.29, 0.717) is 49.0 Å². The normalized spacial score (nSPS) is 15.9. The summed E-state index contributed by atoms with van der Waals surface area (Å²) < 4.78 is 3.70. The van der Waals surface area contributed by atoms with Gasteiger partial charge < -0.3 is 10.2 Å². The Morgan fingerprint density at radius 1 is 1.19 bits per heavy atom. The molecule has 0 unspecified atom stereocenters. The Kier molecular flexibility index (Phi) is 4.75. The largest absolute Gasteiger partial charge is 0.351 e. The van der Waals surface area contributed by atoms with Gasteiger partial charge in [0, 0.05) is 54.8 Å². The van der Waals surface area contributed by atoms with Gasteiger partial charge in [0.2, 0.25) is 0 Å². The van der Waals surface area contributed by atoms with E-state index in [1.54, 1.807) is 15.5 Å². The number of nitrogens with one attached hydrogen (secondary N) is 1. The summed E-state index contributed by atoms with van der Waals surface area (Å²) in [5, 5.41) is 12.0. The SMILES string of the molecule is CCNC(=O)c1nn(CC2CC2)c2c1CN(C(=O)c1cc3nc(C)cc(C)n3n1)CC2. The highest BCUT2D eigenvalue weighted by Crippen LogP contribution is 2.33. The minimum Gasteiger partial charge on any atom is -0.351 e. The molecule has 162 valence electrons. The number of hydrogen-bond acceptors (Lipinski definition) is 5. The second-order valence-corrected chi connectivity index (χ2v) is 8.57. The third kappa shape index (κ3) is 3.58. The van der Waals surface area contributed by atoms with Crippen molar-refractivity contribution in [3.63, 3.8) is 0 Å². The monoisotopic (exact) mass is 421 g/mol. The number of hydrogen-bond donors (Lipinski definition) is 1. The van der Waals surface area contributed by atoms with Crippen LogP contribution in [0.15, 0.2) is 12.1 Å². The molecule has 9 heteroatoms. The molecule has 1 saturated carbocycles. The fourth-order valence-corrected chi connectivity index (χ4v) is 4.34. The summed E-state index contributed by atoms with van der Waals surface area (Å²) in [5.74, 6) is 0.332. The minimum absolute atomic E-state index is 0.148. The number of aromatic nitrogens is 5. The summed E-state index contributed by atoms with van der Waals surface area (Å²) in [4.78, 5) is 32.2. The molecule has 0 saturated heterocycles. The van der Waals surface area contributed by atoms with Crippen LogP contribution >= 0.6 is 0 Å². The van der Waals surface area contributed by atoms with Crippen molar-refractivity contribution in [2.45, 2.75) is 53.1 Å². The fourth-order valence-electron chi connectivity index (χ4n) is 4.34. The molecule has 3 aromatic heterocycles. The molecule has 0 aromatic carbocycles. The van der Waals surface area contributed by atoms with E-state index in [4.69, 9.17) is 0 Å². The van der Waals surface area contributed by atoms with E-state index in [1.165, 1.54) is 12.8 Å². The van der Waals surface area contributed by atoms with Crippen LogP contribution in [0.1, 0.15) is 63.4 Å². The molecular formula is C22H27N7O2. The van der Waals surface area contributed by atoms with Crippen LogP contribution in [0.5, 0.6) is 0 Å². The summed E-state index contributed by atoms with van der Waals surface area (Å²) in [6.07, 6.45) is 3.12. The van der Waals surface area contributed by atoms with Gasteiger partial charge in [-0.05, 0) is 45.6 Å². The van der Waals surface area contributed by atoms with E-state index in [9.17, 15) is 9.59 Å². The standard InChI is InChI=1S/C22H27N7O2/c1-4-23-21(30)20-16-12-27(8-7-18(16)28(26-20)11-15-5-6-15)22(31)17-10-19-24-13(2)9-14(3)29(19)25-17/h9-10,15H,4-8,11-12H2,1-3H3,(H,23,30). The van der Waals surface area contributed by atoms with Gasteiger partial charge in [-0.15, -0.1) is 0 Å². The Hall–Kier alpha value is -3.23. The molecule has 2 amide bonds. The maximum absolute atomic E-state index is 13.3. The van der Waals surface area contributed by atoms with Gasteiger partial charge in [-0.2, -0.15) is 10.2 Å². The predicted octanol–water partition coefficient (Wildman–Crippen LogP) is 1.90. The van der Waals surface area contributed by atoms with E-state index in [1.807, 2.05) is 31.5 Å². The zero-order chi connectivity index (χ0) is 21.7. The van der Waals surface area contributed by atoms with Crippen molar-refractivity contribution in [3.8, 4) is 0 Å². The predicted molar refractivity (Wildman–Crippen MR) is 114 cm³/mol. The van der Waals surface area contributed by atoms with E-state index in [0.717, 1.165) is 29.2 Å². The quantitative estimate of drug-likeness (QED) is 0.679. The first-order chi connectivity index (χ1) is 14.9. The van der Waals surface area contributed by atoms with E-state index in [2.05, 4.69) is 20.5 Å². The average molecular weight is 422 g/mol. The third-order valence-corrected chi connectivity index (χ3v) is 6.05. The average Bonchev–Trinajstić information content (AvgIpc) is 3.33.